The minimum atomic E-state index is -0.150. The van der Waals surface area contributed by atoms with Crippen LogP contribution in [-0.2, 0) is 6.54 Å². The number of nitrogens with zero attached hydrogens (tertiary/aromatic N) is 3. The Balaban J connectivity index is 2.17. The lowest BCUT2D eigenvalue weighted by Gasteiger charge is -2.14. The Morgan fingerprint density at radius 1 is 1.48 bits per heavy atom. The number of aromatic nitrogens is 3. The van der Waals surface area contributed by atoms with E-state index in [9.17, 15) is 4.79 Å². The van der Waals surface area contributed by atoms with Gasteiger partial charge in [-0.25, -0.2) is 9.67 Å². The lowest BCUT2D eigenvalue weighted by Crippen LogP contribution is -2.25. The fourth-order valence-electron chi connectivity index (χ4n) is 1.90. The molecule has 0 aliphatic rings. The highest BCUT2D eigenvalue weighted by molar-refractivity contribution is 9.10. The van der Waals surface area contributed by atoms with Crippen molar-refractivity contribution in [2.75, 3.05) is 5.32 Å². The molecule has 1 atom stereocenters. The highest BCUT2D eigenvalue weighted by atomic mass is 79.9. The first-order valence-corrected chi connectivity index (χ1v) is 7.76. The third-order valence-corrected chi connectivity index (χ3v) is 3.86. The van der Waals surface area contributed by atoms with E-state index >= 15 is 0 Å². The monoisotopic (exact) mass is 354 g/mol. The molecule has 0 radical (unpaired) electrons. The number of unbranched alkanes of at least 4 members (excludes halogenated alkanes) is 1. The van der Waals surface area contributed by atoms with Crippen molar-refractivity contribution in [1.29, 1.82) is 0 Å². The Morgan fingerprint density at radius 2 is 2.24 bits per heavy atom. The molecule has 2 heterocycles. The van der Waals surface area contributed by atoms with Crippen LogP contribution in [-0.4, -0.2) is 14.8 Å². The van der Waals surface area contributed by atoms with Gasteiger partial charge in [-0.05, 0) is 36.2 Å². The maximum atomic E-state index is 12.2. The SMILES string of the molecule is CCCCn1ncc(NC(C)c2ncc(C)o2)c(Br)c1=O. The molecule has 0 aromatic carbocycles. The van der Waals surface area contributed by atoms with Gasteiger partial charge in [-0.15, -0.1) is 0 Å². The third kappa shape index (κ3) is 3.72. The number of anilines is 1. The van der Waals surface area contributed by atoms with Gasteiger partial charge in [0.1, 0.15) is 16.3 Å². The Kier molecular flexibility index (Phi) is 5.17. The minimum Gasteiger partial charge on any atom is -0.444 e. The molecule has 0 spiro atoms. The van der Waals surface area contributed by atoms with Crippen LogP contribution in [0.1, 0.15) is 44.4 Å². The molecule has 1 N–H and O–H groups in total. The van der Waals surface area contributed by atoms with Crippen LogP contribution in [0.5, 0.6) is 0 Å². The predicted octanol–water partition coefficient (Wildman–Crippen LogP) is 3.28. The first kappa shape index (κ1) is 15.8. The summed E-state index contributed by atoms with van der Waals surface area (Å²) in [6.07, 6.45) is 5.27. The van der Waals surface area contributed by atoms with E-state index in [1.54, 1.807) is 12.4 Å². The van der Waals surface area contributed by atoms with Gasteiger partial charge in [0.25, 0.3) is 5.56 Å². The maximum Gasteiger partial charge on any atom is 0.283 e. The number of hydrogen-bond acceptors (Lipinski definition) is 5. The second-order valence-electron chi connectivity index (χ2n) is 4.93. The average Bonchev–Trinajstić information content (AvgIpc) is 2.90. The van der Waals surface area contributed by atoms with Crippen molar-refractivity contribution in [3.8, 4) is 0 Å². The lowest BCUT2D eigenvalue weighted by atomic mass is 10.3. The van der Waals surface area contributed by atoms with Crippen LogP contribution in [0, 0.1) is 6.92 Å². The molecule has 6 nitrogen and oxygen atoms in total. The van der Waals surface area contributed by atoms with E-state index in [0.29, 0.717) is 22.6 Å². The molecule has 0 fully saturated rings. The van der Waals surface area contributed by atoms with Gasteiger partial charge in [0.2, 0.25) is 5.89 Å². The predicted molar refractivity (Wildman–Crippen MR) is 84.4 cm³/mol. The number of oxazole rings is 1. The lowest BCUT2D eigenvalue weighted by molar-refractivity contribution is 0.453. The van der Waals surface area contributed by atoms with Crippen molar-refractivity contribution in [1.82, 2.24) is 14.8 Å². The third-order valence-electron chi connectivity index (χ3n) is 3.09. The molecule has 114 valence electrons. The van der Waals surface area contributed by atoms with Gasteiger partial charge < -0.3 is 9.73 Å². The van der Waals surface area contributed by atoms with Crippen molar-refractivity contribution in [3.05, 3.63) is 38.9 Å². The largest absolute Gasteiger partial charge is 0.444 e. The molecule has 0 bridgehead atoms. The fourth-order valence-corrected chi connectivity index (χ4v) is 2.32. The number of halogens is 1. The molecule has 2 rings (SSSR count). The van der Waals surface area contributed by atoms with E-state index in [4.69, 9.17) is 4.42 Å². The summed E-state index contributed by atoms with van der Waals surface area (Å²) < 4.78 is 7.42. The molecule has 2 aromatic rings. The molecular formula is C14H19BrN4O2. The Bertz CT molecular complexity index is 665. The van der Waals surface area contributed by atoms with Crippen LogP contribution in [0.3, 0.4) is 0 Å². The first-order chi connectivity index (χ1) is 10.0. The molecular weight excluding hydrogens is 336 g/mol. The second-order valence-corrected chi connectivity index (χ2v) is 5.72. The molecule has 21 heavy (non-hydrogen) atoms. The van der Waals surface area contributed by atoms with Crippen LogP contribution in [0.15, 0.2) is 26.1 Å². The van der Waals surface area contributed by atoms with Crippen molar-refractivity contribution < 1.29 is 4.42 Å². The number of rotatable bonds is 6. The van der Waals surface area contributed by atoms with Crippen LogP contribution in [0.2, 0.25) is 0 Å². The zero-order valence-corrected chi connectivity index (χ0v) is 14.0. The summed E-state index contributed by atoms with van der Waals surface area (Å²) in [5.74, 6) is 1.33. The molecule has 1 unspecified atom stereocenters. The van der Waals surface area contributed by atoms with Gasteiger partial charge in [-0.2, -0.15) is 5.10 Å². The molecule has 0 amide bonds. The second kappa shape index (κ2) is 6.89. The van der Waals surface area contributed by atoms with Crippen molar-refractivity contribution in [3.63, 3.8) is 0 Å². The minimum absolute atomic E-state index is 0.135. The quantitative estimate of drug-likeness (QED) is 0.861. The summed E-state index contributed by atoms with van der Waals surface area (Å²) in [5.41, 5.74) is 0.500. The van der Waals surface area contributed by atoms with Crippen molar-refractivity contribution >= 4 is 21.6 Å². The van der Waals surface area contributed by atoms with Gasteiger partial charge in [-0.1, -0.05) is 13.3 Å². The van der Waals surface area contributed by atoms with E-state index in [1.165, 1.54) is 4.68 Å². The van der Waals surface area contributed by atoms with E-state index in [1.807, 2.05) is 13.8 Å². The van der Waals surface area contributed by atoms with Gasteiger partial charge >= 0.3 is 0 Å². The highest BCUT2D eigenvalue weighted by Crippen LogP contribution is 2.23. The van der Waals surface area contributed by atoms with Gasteiger partial charge in [-0.3, -0.25) is 4.79 Å². The summed E-state index contributed by atoms with van der Waals surface area (Å²) in [7, 11) is 0. The van der Waals surface area contributed by atoms with E-state index in [-0.39, 0.29) is 11.6 Å². The van der Waals surface area contributed by atoms with E-state index in [0.717, 1.165) is 18.6 Å². The Labute approximate surface area is 131 Å². The molecule has 7 heteroatoms. The van der Waals surface area contributed by atoms with Crippen molar-refractivity contribution in [2.24, 2.45) is 0 Å². The first-order valence-electron chi connectivity index (χ1n) is 6.97. The summed E-state index contributed by atoms with van der Waals surface area (Å²) >= 11 is 3.34. The highest BCUT2D eigenvalue weighted by Gasteiger charge is 2.15. The molecule has 2 aromatic heterocycles. The maximum absolute atomic E-state index is 12.2. The fraction of sp³-hybridized carbons (Fsp3) is 0.500. The standard InChI is InChI=1S/C14H19BrN4O2/c1-4-5-6-19-14(20)12(15)11(8-17-19)18-10(3)13-16-7-9(2)21-13/h7-8,10,18H,4-6H2,1-3H3. The summed E-state index contributed by atoms with van der Waals surface area (Å²) in [4.78, 5) is 16.4. The zero-order chi connectivity index (χ0) is 15.4. The molecule has 0 saturated carbocycles. The van der Waals surface area contributed by atoms with Crippen LogP contribution in [0.4, 0.5) is 5.69 Å². The Hall–Kier alpha value is -1.63. The normalized spacial score (nSPS) is 12.4. The smallest absolute Gasteiger partial charge is 0.283 e. The zero-order valence-electron chi connectivity index (χ0n) is 12.4. The topological polar surface area (TPSA) is 73.0 Å². The summed E-state index contributed by atoms with van der Waals surface area (Å²) in [6.45, 7) is 6.47. The molecule has 0 aliphatic carbocycles. The molecule has 0 saturated heterocycles. The van der Waals surface area contributed by atoms with E-state index in [2.05, 4.69) is 38.3 Å². The van der Waals surface area contributed by atoms with E-state index < -0.39 is 0 Å². The number of nitrogens with one attached hydrogen (secondary N) is 1. The van der Waals surface area contributed by atoms with Crippen LogP contribution < -0.4 is 10.9 Å². The number of aryl methyl sites for hydroxylation is 2. The van der Waals surface area contributed by atoms with Crippen molar-refractivity contribution in [2.45, 2.75) is 46.2 Å². The van der Waals surface area contributed by atoms with Gasteiger partial charge in [0.15, 0.2) is 0 Å². The average molecular weight is 355 g/mol. The number of hydrogen-bond donors (Lipinski definition) is 1. The van der Waals surface area contributed by atoms with Crippen LogP contribution >= 0.6 is 15.9 Å². The molecule has 0 aliphatic heterocycles. The van der Waals surface area contributed by atoms with Crippen LogP contribution in [0.25, 0.3) is 0 Å². The van der Waals surface area contributed by atoms with Gasteiger partial charge in [0, 0.05) is 6.54 Å². The summed E-state index contributed by atoms with van der Waals surface area (Å²) in [6, 6.07) is -0.150. The van der Waals surface area contributed by atoms with Gasteiger partial charge in [0.05, 0.1) is 18.1 Å². The Morgan fingerprint density at radius 3 is 2.86 bits per heavy atom. The summed E-state index contributed by atoms with van der Waals surface area (Å²) in [5, 5.41) is 7.37.